The molecule has 2 aliphatic carbocycles. The topological polar surface area (TPSA) is 9.23 Å². The molecule has 1 nitrogen and oxygen atoms in total. The van der Waals surface area contributed by atoms with Crippen molar-refractivity contribution in [1.29, 1.82) is 0 Å². The molecule has 2 aliphatic rings. The Bertz CT molecular complexity index is 599. The monoisotopic (exact) mass is 468 g/mol. The SMILES string of the molecule is CC1C2CC(CC(OC(C)(C(F)(F)F)C(F)(F)F)(C(F)(F)F)C(F)(F)F)C(C2)C1C. The normalized spacial score (nSPS) is 31.5. The van der Waals surface area contributed by atoms with Gasteiger partial charge in [0, 0.05) is 0 Å². The third-order valence-electron chi connectivity index (χ3n) is 6.96. The summed E-state index contributed by atoms with van der Waals surface area (Å²) in [5.41, 5.74) is -11.3. The van der Waals surface area contributed by atoms with Crippen molar-refractivity contribution in [3.05, 3.63) is 0 Å². The Balaban J connectivity index is 2.58. The number of hydrogen-bond acceptors (Lipinski definition) is 1. The molecule has 0 aliphatic heterocycles. The molecular weight excluding hydrogens is 448 g/mol. The van der Waals surface area contributed by atoms with Crippen molar-refractivity contribution in [1.82, 2.24) is 0 Å². The molecule has 2 bridgehead atoms. The Labute approximate surface area is 164 Å². The summed E-state index contributed by atoms with van der Waals surface area (Å²) in [4.78, 5) is 0. The number of rotatable bonds is 4. The van der Waals surface area contributed by atoms with Crippen LogP contribution in [0.3, 0.4) is 0 Å². The van der Waals surface area contributed by atoms with Gasteiger partial charge in [-0.3, -0.25) is 0 Å². The van der Waals surface area contributed by atoms with E-state index in [-0.39, 0.29) is 30.6 Å². The van der Waals surface area contributed by atoms with Gasteiger partial charge < -0.3 is 4.74 Å². The summed E-state index contributed by atoms with van der Waals surface area (Å²) < 4.78 is 164. The summed E-state index contributed by atoms with van der Waals surface area (Å²) in [6.45, 7) is 2.50. The minimum atomic E-state index is -6.58. The van der Waals surface area contributed by atoms with Crippen LogP contribution in [0.5, 0.6) is 0 Å². The molecule has 0 amide bonds. The fourth-order valence-corrected chi connectivity index (χ4v) is 4.87. The second-order valence-corrected chi connectivity index (χ2v) is 8.53. The zero-order valence-corrected chi connectivity index (χ0v) is 16.0. The second-order valence-electron chi connectivity index (χ2n) is 8.53. The molecule has 30 heavy (non-hydrogen) atoms. The van der Waals surface area contributed by atoms with Gasteiger partial charge in [0.2, 0.25) is 0 Å². The quantitative estimate of drug-likeness (QED) is 0.401. The molecule has 0 spiro atoms. The van der Waals surface area contributed by atoms with E-state index in [1.807, 2.05) is 0 Å². The molecule has 5 atom stereocenters. The van der Waals surface area contributed by atoms with E-state index in [2.05, 4.69) is 4.74 Å². The molecule has 2 saturated carbocycles. The highest BCUT2D eigenvalue weighted by molar-refractivity contribution is 5.07. The average molecular weight is 468 g/mol. The maximum absolute atomic E-state index is 13.7. The van der Waals surface area contributed by atoms with Gasteiger partial charge in [-0.2, -0.15) is 52.7 Å². The van der Waals surface area contributed by atoms with Crippen LogP contribution >= 0.6 is 0 Å². The molecule has 0 aromatic heterocycles. The van der Waals surface area contributed by atoms with Crippen LogP contribution in [-0.4, -0.2) is 35.9 Å². The molecular formula is C17H20F12O. The van der Waals surface area contributed by atoms with E-state index in [1.54, 1.807) is 13.8 Å². The van der Waals surface area contributed by atoms with Crippen molar-refractivity contribution < 1.29 is 57.4 Å². The standard InChI is InChI=1S/C17H20F12O/c1-7-8(2)11-5-9(7)4-10(11)6-13(16(24,25)26,17(27,28)29)30-12(3,14(18,19)20)15(21,22)23/h7-11H,4-6H2,1-3H3. The first-order valence-corrected chi connectivity index (χ1v) is 9.06. The number of alkyl halides is 12. The molecule has 0 heterocycles. The third-order valence-corrected chi connectivity index (χ3v) is 6.96. The van der Waals surface area contributed by atoms with Crippen molar-refractivity contribution in [2.24, 2.45) is 29.6 Å². The van der Waals surface area contributed by atoms with Crippen LogP contribution in [0, 0.1) is 29.6 Å². The molecule has 2 fully saturated rings. The molecule has 0 saturated heterocycles. The Morgan fingerprint density at radius 2 is 1.10 bits per heavy atom. The summed E-state index contributed by atoms with van der Waals surface area (Å²) in [7, 11) is 0. The van der Waals surface area contributed by atoms with Crippen LogP contribution in [-0.2, 0) is 4.74 Å². The van der Waals surface area contributed by atoms with Gasteiger partial charge in [0.25, 0.3) is 11.2 Å². The minimum absolute atomic E-state index is 0.0195. The van der Waals surface area contributed by atoms with E-state index < -0.39 is 61.1 Å². The molecule has 13 heteroatoms. The lowest BCUT2D eigenvalue weighted by Crippen LogP contribution is -2.69. The number of ether oxygens (including phenoxy) is 1. The van der Waals surface area contributed by atoms with Gasteiger partial charge in [-0.25, -0.2) is 0 Å². The zero-order chi connectivity index (χ0) is 23.7. The molecule has 0 aromatic carbocycles. The van der Waals surface area contributed by atoms with Crippen LogP contribution < -0.4 is 0 Å². The highest BCUT2D eigenvalue weighted by Gasteiger charge is 2.81. The summed E-state index contributed by atoms with van der Waals surface area (Å²) in [5, 5.41) is 0. The predicted molar refractivity (Wildman–Crippen MR) is 79.1 cm³/mol. The van der Waals surface area contributed by atoms with Gasteiger partial charge in [-0.15, -0.1) is 0 Å². The fraction of sp³-hybridized carbons (Fsp3) is 1.00. The maximum atomic E-state index is 13.7. The fourth-order valence-electron chi connectivity index (χ4n) is 4.87. The molecule has 0 radical (unpaired) electrons. The predicted octanol–water partition coefficient (Wildman–Crippen LogP) is 7.07. The van der Waals surface area contributed by atoms with E-state index in [0.29, 0.717) is 0 Å². The Morgan fingerprint density at radius 3 is 1.40 bits per heavy atom. The first-order valence-electron chi connectivity index (χ1n) is 9.06. The van der Waals surface area contributed by atoms with E-state index in [9.17, 15) is 52.7 Å². The summed E-state index contributed by atoms with van der Waals surface area (Å²) >= 11 is 0. The maximum Gasteiger partial charge on any atom is 0.426 e. The van der Waals surface area contributed by atoms with E-state index in [1.165, 1.54) is 0 Å². The summed E-state index contributed by atoms with van der Waals surface area (Å²) in [6.07, 6.45) is -28.2. The molecule has 178 valence electrons. The van der Waals surface area contributed by atoms with Crippen LogP contribution in [0.25, 0.3) is 0 Å². The van der Waals surface area contributed by atoms with E-state index >= 15 is 0 Å². The largest absolute Gasteiger partial charge is 0.426 e. The zero-order valence-electron chi connectivity index (χ0n) is 16.0. The lowest BCUT2D eigenvalue weighted by molar-refractivity contribution is -0.466. The van der Waals surface area contributed by atoms with Gasteiger partial charge in [0.1, 0.15) is 0 Å². The average Bonchev–Trinajstić information content (AvgIpc) is 3.02. The van der Waals surface area contributed by atoms with Crippen LogP contribution in [0.4, 0.5) is 52.7 Å². The van der Waals surface area contributed by atoms with Crippen molar-refractivity contribution in [3.63, 3.8) is 0 Å². The third kappa shape index (κ3) is 3.76. The summed E-state index contributed by atoms with van der Waals surface area (Å²) in [6, 6.07) is 0. The number of fused-ring (bicyclic) bond motifs is 2. The lowest BCUT2D eigenvalue weighted by Gasteiger charge is -2.47. The highest BCUT2D eigenvalue weighted by Crippen LogP contribution is 2.62. The van der Waals surface area contributed by atoms with Crippen molar-refractivity contribution in [3.8, 4) is 0 Å². The van der Waals surface area contributed by atoms with Crippen molar-refractivity contribution in [2.75, 3.05) is 0 Å². The Hall–Kier alpha value is -0.880. The highest BCUT2D eigenvalue weighted by atomic mass is 19.4. The summed E-state index contributed by atoms with van der Waals surface area (Å²) in [5.74, 6) is -2.64. The van der Waals surface area contributed by atoms with Crippen LogP contribution in [0.1, 0.15) is 40.0 Å². The molecule has 0 N–H and O–H groups in total. The van der Waals surface area contributed by atoms with Crippen LogP contribution in [0.15, 0.2) is 0 Å². The second kappa shape index (κ2) is 7.06. The Morgan fingerprint density at radius 1 is 0.667 bits per heavy atom. The molecule has 0 aromatic rings. The van der Waals surface area contributed by atoms with Crippen LogP contribution in [0.2, 0.25) is 0 Å². The van der Waals surface area contributed by atoms with Gasteiger partial charge in [0.05, 0.1) is 0 Å². The first kappa shape index (κ1) is 25.4. The minimum Gasteiger partial charge on any atom is -0.334 e. The number of hydrogen-bond donors (Lipinski definition) is 0. The van der Waals surface area contributed by atoms with Gasteiger partial charge >= 0.3 is 24.7 Å². The van der Waals surface area contributed by atoms with Gasteiger partial charge in [-0.05, 0) is 55.8 Å². The molecule has 2 rings (SSSR count). The van der Waals surface area contributed by atoms with E-state index in [4.69, 9.17) is 0 Å². The van der Waals surface area contributed by atoms with E-state index in [0.717, 1.165) is 0 Å². The van der Waals surface area contributed by atoms with Crippen molar-refractivity contribution in [2.45, 2.75) is 75.9 Å². The van der Waals surface area contributed by atoms with Gasteiger partial charge in [0.15, 0.2) is 0 Å². The lowest BCUT2D eigenvalue weighted by atomic mass is 9.71. The smallest absolute Gasteiger partial charge is 0.334 e. The van der Waals surface area contributed by atoms with Gasteiger partial charge in [-0.1, -0.05) is 13.8 Å². The molecule has 5 unspecified atom stereocenters. The number of halogens is 12. The van der Waals surface area contributed by atoms with Crippen molar-refractivity contribution >= 4 is 0 Å². The Kier molecular flexibility index (Phi) is 5.97. The first-order chi connectivity index (χ1) is 13.1.